The van der Waals surface area contributed by atoms with E-state index < -0.39 is 0 Å². The van der Waals surface area contributed by atoms with Gasteiger partial charge in [-0.1, -0.05) is 29.8 Å². The second-order valence-corrected chi connectivity index (χ2v) is 9.57. The fourth-order valence-corrected chi connectivity index (χ4v) is 5.08. The van der Waals surface area contributed by atoms with Gasteiger partial charge in [-0.3, -0.25) is 0 Å². The molecular formula is C28H30ClFN4O2. The first-order valence-corrected chi connectivity index (χ1v) is 12.6. The van der Waals surface area contributed by atoms with E-state index in [9.17, 15) is 4.39 Å². The number of aromatic nitrogens is 2. The van der Waals surface area contributed by atoms with Gasteiger partial charge in [0.1, 0.15) is 23.0 Å². The van der Waals surface area contributed by atoms with Crippen molar-refractivity contribution in [2.45, 2.75) is 44.3 Å². The van der Waals surface area contributed by atoms with Gasteiger partial charge in [0, 0.05) is 60.0 Å². The molecule has 5 rings (SSSR count). The molecule has 0 amide bonds. The molecule has 36 heavy (non-hydrogen) atoms. The average Bonchev–Trinajstić information content (AvgIpc) is 3.32. The number of rotatable bonds is 8. The number of anilines is 1. The second kappa shape index (κ2) is 10.8. The van der Waals surface area contributed by atoms with Crippen molar-refractivity contribution in [2.75, 3.05) is 19.5 Å². The lowest BCUT2D eigenvalue weighted by Gasteiger charge is -2.30. The molecular weight excluding hydrogens is 479 g/mol. The van der Waals surface area contributed by atoms with Crippen LogP contribution in [0.15, 0.2) is 60.9 Å². The highest BCUT2D eigenvalue weighted by Crippen LogP contribution is 2.38. The topological polar surface area (TPSA) is 59.8 Å². The summed E-state index contributed by atoms with van der Waals surface area (Å²) in [5.41, 5.74) is 4.18. The molecule has 2 aromatic heterocycles. The van der Waals surface area contributed by atoms with Crippen molar-refractivity contribution in [3.63, 3.8) is 0 Å². The zero-order chi connectivity index (χ0) is 25.1. The van der Waals surface area contributed by atoms with E-state index in [0.717, 1.165) is 53.8 Å². The van der Waals surface area contributed by atoms with E-state index in [1.54, 1.807) is 26.4 Å². The number of nitrogens with zero attached hydrogens (tertiary/aromatic N) is 2. The second-order valence-electron chi connectivity index (χ2n) is 9.16. The summed E-state index contributed by atoms with van der Waals surface area (Å²) in [6.07, 6.45) is 8.20. The van der Waals surface area contributed by atoms with Gasteiger partial charge in [0.05, 0.1) is 24.9 Å². The Morgan fingerprint density at radius 1 is 1.00 bits per heavy atom. The Morgan fingerprint density at radius 3 is 2.50 bits per heavy atom. The Labute approximate surface area is 215 Å². The van der Waals surface area contributed by atoms with Crippen LogP contribution >= 0.6 is 11.6 Å². The van der Waals surface area contributed by atoms with Crippen molar-refractivity contribution in [3.8, 4) is 22.8 Å². The third kappa shape index (κ3) is 5.27. The molecule has 2 heterocycles. The van der Waals surface area contributed by atoms with Crippen LogP contribution in [-0.4, -0.2) is 35.7 Å². The molecule has 0 saturated heterocycles. The Kier molecular flexibility index (Phi) is 7.30. The van der Waals surface area contributed by atoms with Crippen molar-refractivity contribution >= 4 is 22.9 Å². The molecule has 1 aliphatic carbocycles. The maximum Gasteiger partial charge on any atom is 0.141 e. The first-order valence-electron chi connectivity index (χ1n) is 12.2. The van der Waals surface area contributed by atoms with Gasteiger partial charge in [0.2, 0.25) is 0 Å². The first-order chi connectivity index (χ1) is 17.5. The smallest absolute Gasteiger partial charge is 0.141 e. The Hall–Kier alpha value is -3.29. The minimum absolute atomic E-state index is 0.147. The number of fused-ring (bicyclic) bond motifs is 1. The third-order valence-electron chi connectivity index (χ3n) is 6.85. The summed E-state index contributed by atoms with van der Waals surface area (Å²) in [6.45, 7) is 0.568. The molecule has 0 bridgehead atoms. The molecule has 1 saturated carbocycles. The van der Waals surface area contributed by atoms with Crippen molar-refractivity contribution < 1.29 is 13.9 Å². The van der Waals surface area contributed by atoms with Crippen LogP contribution in [0.3, 0.4) is 0 Å². The molecule has 2 aromatic carbocycles. The Balaban J connectivity index is 1.22. The van der Waals surface area contributed by atoms with Gasteiger partial charge in [0.15, 0.2) is 0 Å². The maximum absolute atomic E-state index is 13.9. The molecule has 0 radical (unpaired) electrons. The number of imidazole rings is 1. The Bertz CT molecular complexity index is 1350. The molecule has 0 atom stereocenters. The molecule has 1 fully saturated rings. The van der Waals surface area contributed by atoms with Gasteiger partial charge in [-0.15, -0.1) is 0 Å². The summed E-state index contributed by atoms with van der Waals surface area (Å²) >= 11 is 6.36. The number of methoxy groups -OCH3 is 2. The van der Waals surface area contributed by atoms with E-state index in [0.29, 0.717) is 35.2 Å². The zero-order valence-electron chi connectivity index (χ0n) is 20.4. The van der Waals surface area contributed by atoms with E-state index in [4.69, 9.17) is 26.1 Å². The maximum atomic E-state index is 13.9. The fourth-order valence-electron chi connectivity index (χ4n) is 4.84. The van der Waals surface area contributed by atoms with Crippen LogP contribution < -0.4 is 20.1 Å². The van der Waals surface area contributed by atoms with Crippen molar-refractivity contribution in [3.05, 3.63) is 77.3 Å². The lowest BCUT2D eigenvalue weighted by atomic mass is 9.91. The molecule has 188 valence electrons. The summed E-state index contributed by atoms with van der Waals surface area (Å²) in [4.78, 5) is 4.82. The molecule has 4 aromatic rings. The van der Waals surface area contributed by atoms with Crippen LogP contribution in [0.25, 0.3) is 16.9 Å². The van der Waals surface area contributed by atoms with Crippen LogP contribution in [-0.2, 0) is 6.54 Å². The van der Waals surface area contributed by atoms with Gasteiger partial charge in [-0.25, -0.2) is 9.37 Å². The third-order valence-corrected chi connectivity index (χ3v) is 7.14. The van der Waals surface area contributed by atoms with Crippen molar-refractivity contribution in [2.24, 2.45) is 0 Å². The summed E-state index contributed by atoms with van der Waals surface area (Å²) in [5.74, 6) is 1.06. The highest BCUT2D eigenvalue weighted by Gasteiger charge is 2.21. The number of ether oxygens (including phenoxy) is 2. The van der Waals surface area contributed by atoms with Crippen molar-refractivity contribution in [1.29, 1.82) is 0 Å². The molecule has 1 aliphatic rings. The van der Waals surface area contributed by atoms with E-state index in [2.05, 4.69) is 22.8 Å². The van der Waals surface area contributed by atoms with Gasteiger partial charge >= 0.3 is 0 Å². The largest absolute Gasteiger partial charge is 0.496 e. The highest BCUT2D eigenvalue weighted by atomic mass is 35.5. The molecule has 2 N–H and O–H groups in total. The zero-order valence-corrected chi connectivity index (χ0v) is 21.2. The van der Waals surface area contributed by atoms with E-state index in [1.807, 2.05) is 35.0 Å². The van der Waals surface area contributed by atoms with Crippen molar-refractivity contribution in [1.82, 2.24) is 14.7 Å². The number of benzene rings is 2. The number of pyridine rings is 1. The predicted molar refractivity (Wildman–Crippen MR) is 142 cm³/mol. The lowest BCUT2D eigenvalue weighted by molar-refractivity contribution is 0.351. The van der Waals surface area contributed by atoms with E-state index >= 15 is 0 Å². The average molecular weight is 509 g/mol. The quantitative estimate of drug-likeness (QED) is 0.291. The van der Waals surface area contributed by atoms with Crippen LogP contribution in [0.4, 0.5) is 10.1 Å². The fraction of sp³-hybridized carbons (Fsp3) is 0.321. The molecule has 6 nitrogen and oxygen atoms in total. The van der Waals surface area contributed by atoms with Gasteiger partial charge in [-0.2, -0.15) is 0 Å². The standard InChI is InChI=1S/C28H30ClFN4O2/c1-35-26-15-27(36-2)23(29)14-22(26)25-17-34-12-11-21(13-28(34)33-25)32-20-9-7-19(8-10-20)31-16-18-5-3-4-6-24(18)30/h3-6,11-15,17,19-20,31-32H,7-10,16H2,1-2H3/t19-,20+. The van der Waals surface area contributed by atoms with Gasteiger partial charge < -0.3 is 24.5 Å². The van der Waals surface area contributed by atoms with Crippen LogP contribution in [0.1, 0.15) is 31.2 Å². The lowest BCUT2D eigenvalue weighted by Crippen LogP contribution is -2.36. The summed E-state index contributed by atoms with van der Waals surface area (Å²) in [5, 5.41) is 7.69. The highest BCUT2D eigenvalue weighted by molar-refractivity contribution is 6.32. The normalized spacial score (nSPS) is 17.8. The van der Waals surface area contributed by atoms with Crippen LogP contribution in [0.5, 0.6) is 11.5 Å². The predicted octanol–water partition coefficient (Wildman–Crippen LogP) is 6.32. The van der Waals surface area contributed by atoms with Crippen LogP contribution in [0.2, 0.25) is 5.02 Å². The van der Waals surface area contributed by atoms with E-state index in [-0.39, 0.29) is 5.82 Å². The summed E-state index contributed by atoms with van der Waals surface area (Å²) in [7, 11) is 3.20. The number of nitrogens with one attached hydrogen (secondary N) is 2. The molecule has 0 spiro atoms. The van der Waals surface area contributed by atoms with Gasteiger partial charge in [0.25, 0.3) is 0 Å². The van der Waals surface area contributed by atoms with Crippen LogP contribution in [0, 0.1) is 5.82 Å². The number of hydrogen-bond acceptors (Lipinski definition) is 5. The Morgan fingerprint density at radius 2 is 1.75 bits per heavy atom. The SMILES string of the molecule is COc1cc(OC)c(-c2cn3ccc(N[C@H]4CC[C@@H](NCc5ccccc5F)CC4)cc3n2)cc1Cl. The van der Waals surface area contributed by atoms with Gasteiger partial charge in [-0.05, 0) is 43.9 Å². The summed E-state index contributed by atoms with van der Waals surface area (Å²) in [6, 6.07) is 15.5. The minimum atomic E-state index is -0.147. The first kappa shape index (κ1) is 24.4. The monoisotopic (exact) mass is 508 g/mol. The number of halogens is 2. The number of hydrogen-bond donors (Lipinski definition) is 2. The molecule has 0 aliphatic heterocycles. The summed E-state index contributed by atoms with van der Waals surface area (Å²) < 4.78 is 26.7. The molecule has 8 heteroatoms. The molecule has 0 unspecified atom stereocenters. The minimum Gasteiger partial charge on any atom is -0.496 e. The van der Waals surface area contributed by atoms with E-state index in [1.165, 1.54) is 6.07 Å².